The average molecular weight is 357 g/mol. The van der Waals surface area contributed by atoms with Crippen LogP contribution in [-0.2, 0) is 17.9 Å². The molecule has 1 atom stereocenters. The zero-order valence-electron chi connectivity index (χ0n) is 15.3. The molecular formula is C20H27N3O3. The Bertz CT molecular complexity index is 714. The minimum Gasteiger partial charge on any atom is -0.494 e. The molecule has 6 nitrogen and oxygen atoms in total. The maximum absolute atomic E-state index is 12.6. The molecule has 1 N–H and O–H groups in total. The summed E-state index contributed by atoms with van der Waals surface area (Å²) in [6, 6.07) is 11.6. The molecule has 26 heavy (non-hydrogen) atoms. The highest BCUT2D eigenvalue weighted by molar-refractivity contribution is 5.76. The van der Waals surface area contributed by atoms with Crippen LogP contribution in [0.3, 0.4) is 0 Å². The third kappa shape index (κ3) is 4.64. The molecule has 1 aliphatic heterocycles. The van der Waals surface area contributed by atoms with Gasteiger partial charge in [-0.2, -0.15) is 5.10 Å². The van der Waals surface area contributed by atoms with Gasteiger partial charge in [0, 0.05) is 19.5 Å². The molecule has 0 bridgehead atoms. The molecule has 1 amide bonds. The summed E-state index contributed by atoms with van der Waals surface area (Å²) in [4.78, 5) is 14.5. The summed E-state index contributed by atoms with van der Waals surface area (Å²) in [6.45, 7) is 4.55. The smallest absolute Gasteiger partial charge is 0.223 e. The summed E-state index contributed by atoms with van der Waals surface area (Å²) in [5, 5.41) is 14.5. The largest absolute Gasteiger partial charge is 0.494 e. The molecule has 2 aromatic rings. The number of nitrogens with zero attached hydrogens (tertiary/aromatic N) is 3. The van der Waals surface area contributed by atoms with E-state index in [1.807, 2.05) is 52.9 Å². The number of para-hydroxylation sites is 1. The maximum atomic E-state index is 12.6. The molecular weight excluding hydrogens is 330 g/mol. The number of aryl methyl sites for hydroxylation is 1. The molecule has 0 fully saturated rings. The Kier molecular flexibility index (Phi) is 6.28. The molecule has 0 unspecified atom stereocenters. The molecule has 1 aliphatic rings. The average Bonchev–Trinajstić information content (AvgIpc) is 2.96. The van der Waals surface area contributed by atoms with Gasteiger partial charge in [0.2, 0.25) is 5.91 Å². The molecule has 6 heteroatoms. The number of amides is 1. The lowest BCUT2D eigenvalue weighted by atomic mass is 10.2. The van der Waals surface area contributed by atoms with Crippen molar-refractivity contribution >= 4 is 5.91 Å². The van der Waals surface area contributed by atoms with Gasteiger partial charge < -0.3 is 14.7 Å². The van der Waals surface area contributed by atoms with E-state index in [0.717, 1.165) is 31.0 Å². The van der Waals surface area contributed by atoms with Crippen LogP contribution in [0.2, 0.25) is 0 Å². The molecule has 1 aromatic heterocycles. The van der Waals surface area contributed by atoms with Crippen molar-refractivity contribution in [1.82, 2.24) is 14.7 Å². The van der Waals surface area contributed by atoms with Crippen LogP contribution in [0.15, 0.2) is 36.4 Å². The van der Waals surface area contributed by atoms with E-state index in [4.69, 9.17) is 4.74 Å². The maximum Gasteiger partial charge on any atom is 0.223 e. The molecule has 0 saturated heterocycles. The molecule has 1 aromatic carbocycles. The van der Waals surface area contributed by atoms with Gasteiger partial charge in [0.1, 0.15) is 5.75 Å². The number of hydrogen-bond acceptors (Lipinski definition) is 4. The second-order valence-corrected chi connectivity index (χ2v) is 6.64. The van der Waals surface area contributed by atoms with Crippen LogP contribution in [0.25, 0.3) is 0 Å². The molecule has 3 rings (SSSR count). The molecule has 0 radical (unpaired) electrons. The standard InChI is InChI=1S/C20H27N3O3/c1-2-19(24)18-14-16-15-22(11-7-12-23(16)21-18)20(25)10-6-13-26-17-8-4-3-5-9-17/h3-5,8-9,14,19,24H,2,6-7,10-13,15H2,1H3/t19-/m0/s1. The fourth-order valence-electron chi connectivity index (χ4n) is 3.16. The summed E-state index contributed by atoms with van der Waals surface area (Å²) in [7, 11) is 0. The van der Waals surface area contributed by atoms with Gasteiger partial charge in [-0.05, 0) is 37.5 Å². The lowest BCUT2D eigenvalue weighted by molar-refractivity contribution is -0.132. The summed E-state index contributed by atoms with van der Waals surface area (Å²) >= 11 is 0. The van der Waals surface area contributed by atoms with E-state index in [0.29, 0.717) is 38.1 Å². The van der Waals surface area contributed by atoms with Gasteiger partial charge in [-0.25, -0.2) is 0 Å². The second-order valence-electron chi connectivity index (χ2n) is 6.64. The molecule has 2 heterocycles. The SMILES string of the molecule is CC[C@H](O)c1cc2n(n1)CCCN(C(=O)CCCOc1ccccc1)C2. The van der Waals surface area contributed by atoms with Crippen molar-refractivity contribution in [2.45, 2.75) is 51.8 Å². The van der Waals surface area contributed by atoms with Crippen LogP contribution in [0.4, 0.5) is 0 Å². The molecule has 0 aliphatic carbocycles. The first-order valence-corrected chi connectivity index (χ1v) is 9.37. The first-order valence-electron chi connectivity index (χ1n) is 9.37. The normalized spacial score (nSPS) is 15.2. The first-order chi connectivity index (χ1) is 12.7. The molecule has 140 valence electrons. The summed E-state index contributed by atoms with van der Waals surface area (Å²) < 4.78 is 7.58. The van der Waals surface area contributed by atoms with Crippen LogP contribution in [0, 0.1) is 0 Å². The number of aliphatic hydroxyl groups is 1. The van der Waals surface area contributed by atoms with Crippen LogP contribution in [0.5, 0.6) is 5.75 Å². The summed E-state index contributed by atoms with van der Waals surface area (Å²) in [5.41, 5.74) is 1.70. The third-order valence-corrected chi connectivity index (χ3v) is 4.66. The van der Waals surface area contributed by atoms with Crippen LogP contribution >= 0.6 is 0 Å². The Hall–Kier alpha value is -2.34. The van der Waals surface area contributed by atoms with Crippen LogP contribution in [-0.4, -0.2) is 38.8 Å². The fourth-order valence-corrected chi connectivity index (χ4v) is 3.16. The second kappa shape index (κ2) is 8.85. The van der Waals surface area contributed by atoms with Gasteiger partial charge in [-0.1, -0.05) is 25.1 Å². The lowest BCUT2D eigenvalue weighted by Crippen LogP contribution is -2.30. The van der Waals surface area contributed by atoms with Crippen LogP contribution in [0.1, 0.15) is 50.1 Å². The number of carbonyl (C=O) groups excluding carboxylic acids is 1. The van der Waals surface area contributed by atoms with Crippen LogP contribution < -0.4 is 4.74 Å². The highest BCUT2D eigenvalue weighted by Crippen LogP contribution is 2.20. The van der Waals surface area contributed by atoms with E-state index in [1.165, 1.54) is 0 Å². The summed E-state index contributed by atoms with van der Waals surface area (Å²) in [5.74, 6) is 0.981. The van der Waals surface area contributed by atoms with Crippen molar-refractivity contribution in [3.63, 3.8) is 0 Å². The quantitative estimate of drug-likeness (QED) is 0.774. The number of hydrogen-bond donors (Lipinski definition) is 1. The van der Waals surface area contributed by atoms with Gasteiger partial charge in [-0.3, -0.25) is 9.48 Å². The minimum absolute atomic E-state index is 0.147. The Morgan fingerprint density at radius 1 is 1.31 bits per heavy atom. The van der Waals surface area contributed by atoms with Gasteiger partial charge in [0.05, 0.1) is 30.6 Å². The Morgan fingerprint density at radius 2 is 2.12 bits per heavy atom. The number of benzene rings is 1. The van der Waals surface area contributed by atoms with E-state index in [9.17, 15) is 9.90 Å². The zero-order chi connectivity index (χ0) is 18.4. The third-order valence-electron chi connectivity index (χ3n) is 4.66. The van der Waals surface area contributed by atoms with Crippen molar-refractivity contribution in [2.24, 2.45) is 0 Å². The number of ether oxygens (including phenoxy) is 1. The topological polar surface area (TPSA) is 67.6 Å². The van der Waals surface area contributed by atoms with E-state index in [-0.39, 0.29) is 5.91 Å². The van der Waals surface area contributed by atoms with Gasteiger partial charge in [-0.15, -0.1) is 0 Å². The highest BCUT2D eigenvalue weighted by Gasteiger charge is 2.21. The highest BCUT2D eigenvalue weighted by atomic mass is 16.5. The molecule has 0 saturated carbocycles. The number of aliphatic hydroxyl groups excluding tert-OH is 1. The van der Waals surface area contributed by atoms with Gasteiger partial charge in [0.25, 0.3) is 0 Å². The number of fused-ring (bicyclic) bond motifs is 1. The van der Waals surface area contributed by atoms with Crippen molar-refractivity contribution in [2.75, 3.05) is 13.2 Å². The monoisotopic (exact) mass is 357 g/mol. The van der Waals surface area contributed by atoms with E-state index in [2.05, 4.69) is 5.10 Å². The first kappa shape index (κ1) is 18.5. The van der Waals surface area contributed by atoms with Crippen molar-refractivity contribution in [3.05, 3.63) is 47.8 Å². The Labute approximate surface area is 154 Å². The lowest BCUT2D eigenvalue weighted by Gasteiger charge is -2.20. The number of aromatic nitrogens is 2. The van der Waals surface area contributed by atoms with Crippen molar-refractivity contribution < 1.29 is 14.6 Å². The predicted molar refractivity (Wildman–Crippen MR) is 98.7 cm³/mol. The van der Waals surface area contributed by atoms with Crippen molar-refractivity contribution in [3.8, 4) is 5.75 Å². The minimum atomic E-state index is -0.534. The Morgan fingerprint density at radius 3 is 2.88 bits per heavy atom. The number of rotatable bonds is 7. The van der Waals surface area contributed by atoms with E-state index < -0.39 is 6.10 Å². The van der Waals surface area contributed by atoms with Crippen molar-refractivity contribution in [1.29, 1.82) is 0 Å². The number of carbonyl (C=O) groups is 1. The predicted octanol–water partition coefficient (Wildman–Crippen LogP) is 2.92. The summed E-state index contributed by atoms with van der Waals surface area (Å²) in [6.07, 6.45) is 2.16. The molecule has 0 spiro atoms. The zero-order valence-corrected chi connectivity index (χ0v) is 15.3. The van der Waals surface area contributed by atoms with E-state index in [1.54, 1.807) is 0 Å². The van der Waals surface area contributed by atoms with Gasteiger partial charge >= 0.3 is 0 Å². The van der Waals surface area contributed by atoms with E-state index >= 15 is 0 Å². The fraction of sp³-hybridized carbons (Fsp3) is 0.500. The van der Waals surface area contributed by atoms with Gasteiger partial charge in [0.15, 0.2) is 0 Å². The Balaban J connectivity index is 1.50.